The molecule has 2 heterocycles. The number of halogens is 1. The van der Waals surface area contributed by atoms with Crippen molar-refractivity contribution in [2.24, 2.45) is 0 Å². The Kier molecular flexibility index (Phi) is 4.67. The Hall–Kier alpha value is -1.25. The van der Waals surface area contributed by atoms with Gasteiger partial charge >= 0.3 is 0 Å². The van der Waals surface area contributed by atoms with Gasteiger partial charge in [0.2, 0.25) is 0 Å². The van der Waals surface area contributed by atoms with Crippen molar-refractivity contribution < 1.29 is 9.66 Å². The van der Waals surface area contributed by atoms with E-state index in [1.54, 1.807) is 6.92 Å². The number of nitrogens with zero attached hydrogens (tertiary/aromatic N) is 2. The molecule has 1 aliphatic heterocycles. The fourth-order valence-corrected chi connectivity index (χ4v) is 2.28. The first-order chi connectivity index (χ1) is 9.09. The monoisotopic (exact) mass is 330 g/mol. The van der Waals surface area contributed by atoms with Gasteiger partial charge in [0.1, 0.15) is 12.0 Å². The second-order valence-electron chi connectivity index (χ2n) is 4.27. The van der Waals surface area contributed by atoms with E-state index in [0.29, 0.717) is 29.0 Å². The molecule has 0 aliphatic carbocycles. The number of pyridine rings is 1. The van der Waals surface area contributed by atoms with Gasteiger partial charge < -0.3 is 15.4 Å². The Morgan fingerprint density at radius 2 is 2.53 bits per heavy atom. The predicted octanol–water partition coefficient (Wildman–Crippen LogP) is 1.46. The molecule has 0 saturated carbocycles. The Bertz CT molecular complexity index is 477. The molecule has 0 radical (unpaired) electrons. The molecule has 1 aliphatic rings. The first kappa shape index (κ1) is 14.2. The summed E-state index contributed by atoms with van der Waals surface area (Å²) in [7, 11) is 0. The van der Waals surface area contributed by atoms with Crippen molar-refractivity contribution in [1.82, 2.24) is 10.3 Å². The maximum Gasteiger partial charge on any atom is 0.291 e. The van der Waals surface area contributed by atoms with Crippen LogP contribution in [0.2, 0.25) is 0 Å². The van der Waals surface area contributed by atoms with Crippen LogP contribution in [0, 0.1) is 17.0 Å². The van der Waals surface area contributed by atoms with Crippen molar-refractivity contribution in [3.8, 4) is 0 Å². The summed E-state index contributed by atoms with van der Waals surface area (Å²) in [6, 6.07) is 0. The molecule has 0 bridgehead atoms. The van der Waals surface area contributed by atoms with E-state index < -0.39 is 4.92 Å². The SMILES string of the molecule is Cc1c([N+](=O)[O-])cnc(NCC2CNCCO2)c1Br. The molecule has 7 nitrogen and oxygen atoms in total. The minimum atomic E-state index is -0.439. The van der Waals surface area contributed by atoms with E-state index in [2.05, 4.69) is 31.5 Å². The number of hydrogen-bond donors (Lipinski definition) is 2. The largest absolute Gasteiger partial charge is 0.374 e. The minimum Gasteiger partial charge on any atom is -0.374 e. The number of rotatable bonds is 4. The number of hydrogen-bond acceptors (Lipinski definition) is 6. The molecule has 1 fully saturated rings. The molecule has 8 heteroatoms. The molecule has 1 atom stereocenters. The molecule has 1 unspecified atom stereocenters. The summed E-state index contributed by atoms with van der Waals surface area (Å²) in [5.74, 6) is 0.595. The predicted molar refractivity (Wildman–Crippen MR) is 74.4 cm³/mol. The Labute approximate surface area is 119 Å². The van der Waals surface area contributed by atoms with Gasteiger partial charge in [0.05, 0.1) is 22.1 Å². The zero-order valence-electron chi connectivity index (χ0n) is 10.5. The molecule has 19 heavy (non-hydrogen) atoms. The molecule has 104 valence electrons. The summed E-state index contributed by atoms with van der Waals surface area (Å²) >= 11 is 3.34. The lowest BCUT2D eigenvalue weighted by Crippen LogP contribution is -2.42. The summed E-state index contributed by atoms with van der Waals surface area (Å²) in [6.07, 6.45) is 1.35. The molecular formula is C11H15BrN4O3. The molecule has 1 saturated heterocycles. The zero-order valence-corrected chi connectivity index (χ0v) is 12.1. The third kappa shape index (κ3) is 3.40. The number of nitrogens with one attached hydrogen (secondary N) is 2. The van der Waals surface area contributed by atoms with E-state index in [9.17, 15) is 10.1 Å². The highest BCUT2D eigenvalue weighted by Crippen LogP contribution is 2.30. The number of morpholine rings is 1. The van der Waals surface area contributed by atoms with Crippen molar-refractivity contribution in [2.75, 3.05) is 31.6 Å². The van der Waals surface area contributed by atoms with Crippen molar-refractivity contribution in [1.29, 1.82) is 0 Å². The van der Waals surface area contributed by atoms with Crippen molar-refractivity contribution >= 4 is 27.4 Å². The van der Waals surface area contributed by atoms with Crippen LogP contribution in [0.15, 0.2) is 10.7 Å². The van der Waals surface area contributed by atoms with Crippen LogP contribution in [-0.4, -0.2) is 42.3 Å². The van der Waals surface area contributed by atoms with Gasteiger partial charge in [0.15, 0.2) is 0 Å². The molecular weight excluding hydrogens is 316 g/mol. The first-order valence-electron chi connectivity index (χ1n) is 5.95. The standard InChI is InChI=1S/C11H15BrN4O3/c1-7-9(16(17)18)6-15-11(10(7)12)14-5-8-4-13-2-3-19-8/h6,8,13H,2-5H2,1H3,(H,14,15). The van der Waals surface area contributed by atoms with Crippen molar-refractivity contribution in [3.63, 3.8) is 0 Å². The average molecular weight is 331 g/mol. The van der Waals surface area contributed by atoms with E-state index in [1.807, 2.05) is 0 Å². The lowest BCUT2D eigenvalue weighted by atomic mass is 10.2. The van der Waals surface area contributed by atoms with Gasteiger partial charge in [0.25, 0.3) is 5.69 Å². The van der Waals surface area contributed by atoms with Crippen molar-refractivity contribution in [2.45, 2.75) is 13.0 Å². The zero-order chi connectivity index (χ0) is 13.8. The van der Waals surface area contributed by atoms with Crippen LogP contribution in [0.1, 0.15) is 5.56 Å². The highest BCUT2D eigenvalue weighted by Gasteiger charge is 2.18. The summed E-state index contributed by atoms with van der Waals surface area (Å²) in [5.41, 5.74) is 0.568. The Morgan fingerprint density at radius 3 is 3.16 bits per heavy atom. The van der Waals surface area contributed by atoms with Crippen LogP contribution >= 0.6 is 15.9 Å². The van der Waals surface area contributed by atoms with E-state index >= 15 is 0 Å². The summed E-state index contributed by atoms with van der Waals surface area (Å²) in [5, 5.41) is 17.2. The average Bonchev–Trinajstić information content (AvgIpc) is 2.41. The fraction of sp³-hybridized carbons (Fsp3) is 0.545. The third-order valence-electron chi connectivity index (χ3n) is 2.94. The third-order valence-corrected chi connectivity index (χ3v) is 3.91. The number of anilines is 1. The smallest absolute Gasteiger partial charge is 0.291 e. The van der Waals surface area contributed by atoms with Crippen LogP contribution in [-0.2, 0) is 4.74 Å². The van der Waals surface area contributed by atoms with Gasteiger partial charge in [-0.2, -0.15) is 0 Å². The summed E-state index contributed by atoms with van der Waals surface area (Å²) in [6.45, 7) is 4.65. The van der Waals surface area contributed by atoms with Gasteiger partial charge in [-0.05, 0) is 22.9 Å². The molecule has 1 aromatic rings. The highest BCUT2D eigenvalue weighted by molar-refractivity contribution is 9.10. The lowest BCUT2D eigenvalue weighted by molar-refractivity contribution is -0.385. The van der Waals surface area contributed by atoms with Crippen LogP contribution in [0.25, 0.3) is 0 Å². The Morgan fingerprint density at radius 1 is 1.74 bits per heavy atom. The molecule has 2 N–H and O–H groups in total. The second kappa shape index (κ2) is 6.27. The van der Waals surface area contributed by atoms with Gasteiger partial charge in [-0.3, -0.25) is 10.1 Å². The number of ether oxygens (including phenoxy) is 1. The van der Waals surface area contributed by atoms with Crippen LogP contribution < -0.4 is 10.6 Å². The number of nitro groups is 1. The van der Waals surface area contributed by atoms with Crippen LogP contribution in [0.4, 0.5) is 11.5 Å². The molecule has 1 aromatic heterocycles. The topological polar surface area (TPSA) is 89.3 Å². The highest BCUT2D eigenvalue weighted by atomic mass is 79.9. The van der Waals surface area contributed by atoms with E-state index in [1.165, 1.54) is 6.20 Å². The maximum absolute atomic E-state index is 10.8. The number of aromatic nitrogens is 1. The molecule has 2 rings (SSSR count). The van der Waals surface area contributed by atoms with Crippen molar-refractivity contribution in [3.05, 3.63) is 26.3 Å². The minimum absolute atomic E-state index is 0.00741. The Balaban J connectivity index is 2.04. The lowest BCUT2D eigenvalue weighted by Gasteiger charge is -2.24. The van der Waals surface area contributed by atoms with E-state index in [-0.39, 0.29) is 11.8 Å². The first-order valence-corrected chi connectivity index (χ1v) is 6.74. The molecule has 0 aromatic carbocycles. The van der Waals surface area contributed by atoms with Crippen LogP contribution in [0.3, 0.4) is 0 Å². The van der Waals surface area contributed by atoms with Gasteiger partial charge in [0, 0.05) is 25.2 Å². The fourth-order valence-electron chi connectivity index (χ4n) is 1.84. The van der Waals surface area contributed by atoms with E-state index in [4.69, 9.17) is 4.74 Å². The summed E-state index contributed by atoms with van der Waals surface area (Å²) in [4.78, 5) is 14.4. The van der Waals surface area contributed by atoms with Crippen LogP contribution in [0.5, 0.6) is 0 Å². The maximum atomic E-state index is 10.8. The molecule has 0 spiro atoms. The van der Waals surface area contributed by atoms with Gasteiger partial charge in [-0.25, -0.2) is 4.98 Å². The normalized spacial score (nSPS) is 19.2. The quantitative estimate of drug-likeness (QED) is 0.641. The van der Waals surface area contributed by atoms with E-state index in [0.717, 1.165) is 13.1 Å². The molecule has 0 amide bonds. The van der Waals surface area contributed by atoms with Gasteiger partial charge in [-0.1, -0.05) is 0 Å². The second-order valence-corrected chi connectivity index (χ2v) is 5.06. The van der Waals surface area contributed by atoms with Gasteiger partial charge in [-0.15, -0.1) is 0 Å². The summed E-state index contributed by atoms with van der Waals surface area (Å²) < 4.78 is 6.17.